The molecule has 0 spiro atoms. The second-order valence-electron chi connectivity index (χ2n) is 5.76. The maximum absolute atomic E-state index is 11.8. The molecule has 22 heavy (non-hydrogen) atoms. The summed E-state index contributed by atoms with van der Waals surface area (Å²) in [5, 5.41) is 3.07. The number of rotatable bonds is 12. The molecular weight excluding hydrogens is 284 g/mol. The van der Waals surface area contributed by atoms with Gasteiger partial charge in [-0.05, 0) is 32.9 Å². The summed E-state index contributed by atoms with van der Waals surface area (Å²) < 4.78 is 16.1. The van der Waals surface area contributed by atoms with Crippen LogP contribution < -0.4 is 5.32 Å². The minimum atomic E-state index is 0.0779. The van der Waals surface area contributed by atoms with Crippen molar-refractivity contribution in [2.45, 2.75) is 38.6 Å². The maximum atomic E-state index is 11.8. The molecule has 1 atom stereocenters. The number of piperidine rings is 1. The van der Waals surface area contributed by atoms with Gasteiger partial charge in [0.05, 0.1) is 33.0 Å². The highest BCUT2D eigenvalue weighted by Crippen LogP contribution is 2.07. The van der Waals surface area contributed by atoms with E-state index in [1.54, 1.807) is 0 Å². The third-order valence-electron chi connectivity index (χ3n) is 3.56. The van der Waals surface area contributed by atoms with Crippen molar-refractivity contribution in [2.75, 3.05) is 59.8 Å². The minimum absolute atomic E-state index is 0.0779. The van der Waals surface area contributed by atoms with Crippen molar-refractivity contribution in [3.63, 3.8) is 0 Å². The molecule has 1 unspecified atom stereocenters. The molecule has 1 N–H and O–H groups in total. The number of nitrogens with one attached hydrogen (secondary N) is 1. The van der Waals surface area contributed by atoms with Gasteiger partial charge in [-0.25, -0.2) is 0 Å². The smallest absolute Gasteiger partial charge is 0.222 e. The molecule has 0 bridgehead atoms. The summed E-state index contributed by atoms with van der Waals surface area (Å²) in [5.74, 6) is 0.0779. The van der Waals surface area contributed by atoms with Crippen LogP contribution in [-0.4, -0.2) is 76.6 Å². The summed E-state index contributed by atoms with van der Waals surface area (Å²) in [5.41, 5.74) is 0. The molecule has 0 aliphatic carbocycles. The van der Waals surface area contributed by atoms with Gasteiger partial charge in [0.2, 0.25) is 5.91 Å². The Hall–Kier alpha value is -0.690. The molecule has 0 aromatic heterocycles. The van der Waals surface area contributed by atoms with Crippen LogP contribution in [0, 0.1) is 0 Å². The SMILES string of the molecule is CCCOCCOCCOCCC(=O)NC1CCCN(C)C1. The van der Waals surface area contributed by atoms with Gasteiger partial charge in [0.25, 0.3) is 0 Å². The lowest BCUT2D eigenvalue weighted by molar-refractivity contribution is -0.123. The van der Waals surface area contributed by atoms with Crippen molar-refractivity contribution in [3.05, 3.63) is 0 Å². The topological polar surface area (TPSA) is 60.0 Å². The lowest BCUT2D eigenvalue weighted by Gasteiger charge is -2.30. The van der Waals surface area contributed by atoms with E-state index in [9.17, 15) is 4.79 Å². The van der Waals surface area contributed by atoms with Crippen LogP contribution in [0.15, 0.2) is 0 Å². The summed E-state index contributed by atoms with van der Waals surface area (Å²) in [4.78, 5) is 14.1. The second kappa shape index (κ2) is 12.8. The maximum Gasteiger partial charge on any atom is 0.222 e. The monoisotopic (exact) mass is 316 g/mol. The summed E-state index contributed by atoms with van der Waals surface area (Å²) in [6.45, 7) is 7.68. The van der Waals surface area contributed by atoms with Crippen LogP contribution in [0.3, 0.4) is 0 Å². The summed E-state index contributed by atoms with van der Waals surface area (Å²) in [6.07, 6.45) is 3.67. The first kappa shape index (κ1) is 19.4. The lowest BCUT2D eigenvalue weighted by Crippen LogP contribution is -2.46. The molecule has 1 aliphatic heterocycles. The van der Waals surface area contributed by atoms with E-state index in [4.69, 9.17) is 14.2 Å². The number of likely N-dealkylation sites (tertiary alicyclic amines) is 1. The van der Waals surface area contributed by atoms with Crippen LogP contribution in [0.4, 0.5) is 0 Å². The van der Waals surface area contributed by atoms with Crippen LogP contribution in [0.1, 0.15) is 32.6 Å². The van der Waals surface area contributed by atoms with E-state index in [2.05, 4.69) is 24.2 Å². The molecule has 0 saturated carbocycles. The first-order valence-corrected chi connectivity index (χ1v) is 8.43. The van der Waals surface area contributed by atoms with Crippen molar-refractivity contribution < 1.29 is 19.0 Å². The number of amides is 1. The van der Waals surface area contributed by atoms with Crippen molar-refractivity contribution in [2.24, 2.45) is 0 Å². The predicted molar refractivity (Wildman–Crippen MR) is 86.0 cm³/mol. The Kier molecular flexibility index (Phi) is 11.3. The molecule has 1 fully saturated rings. The van der Waals surface area contributed by atoms with Gasteiger partial charge in [-0.15, -0.1) is 0 Å². The Morgan fingerprint density at radius 2 is 1.73 bits per heavy atom. The third-order valence-corrected chi connectivity index (χ3v) is 3.56. The predicted octanol–water partition coefficient (Wildman–Crippen LogP) is 1.05. The molecule has 6 nitrogen and oxygen atoms in total. The molecule has 1 heterocycles. The van der Waals surface area contributed by atoms with Gasteiger partial charge in [-0.1, -0.05) is 6.92 Å². The summed E-state index contributed by atoms with van der Waals surface area (Å²) in [6, 6.07) is 0.290. The van der Waals surface area contributed by atoms with Crippen LogP contribution >= 0.6 is 0 Å². The highest BCUT2D eigenvalue weighted by molar-refractivity contribution is 5.76. The van der Waals surface area contributed by atoms with Crippen molar-refractivity contribution >= 4 is 5.91 Å². The molecule has 0 radical (unpaired) electrons. The third kappa shape index (κ3) is 10.1. The van der Waals surface area contributed by atoms with Gasteiger partial charge in [0, 0.05) is 25.6 Å². The Labute approximate surface area is 134 Å². The number of carbonyl (C=O) groups excluding carboxylic acids is 1. The van der Waals surface area contributed by atoms with Gasteiger partial charge in [-0.3, -0.25) is 4.79 Å². The zero-order valence-corrected chi connectivity index (χ0v) is 14.1. The highest BCUT2D eigenvalue weighted by Gasteiger charge is 2.18. The fraction of sp³-hybridized carbons (Fsp3) is 0.938. The first-order chi connectivity index (χ1) is 10.7. The average Bonchev–Trinajstić information content (AvgIpc) is 2.49. The van der Waals surface area contributed by atoms with E-state index in [-0.39, 0.29) is 11.9 Å². The largest absolute Gasteiger partial charge is 0.379 e. The van der Waals surface area contributed by atoms with Crippen molar-refractivity contribution in [1.29, 1.82) is 0 Å². The Morgan fingerprint density at radius 3 is 2.36 bits per heavy atom. The van der Waals surface area contributed by atoms with E-state index in [0.29, 0.717) is 39.5 Å². The highest BCUT2D eigenvalue weighted by atomic mass is 16.5. The Bertz CT molecular complexity index is 289. The number of likely N-dealkylation sites (N-methyl/N-ethyl adjacent to an activating group) is 1. The number of hydrogen-bond acceptors (Lipinski definition) is 5. The number of nitrogens with zero attached hydrogens (tertiary/aromatic N) is 1. The molecule has 1 rings (SSSR count). The summed E-state index contributed by atoms with van der Waals surface area (Å²) in [7, 11) is 2.09. The fourth-order valence-electron chi connectivity index (χ4n) is 2.44. The minimum Gasteiger partial charge on any atom is -0.379 e. The van der Waals surface area contributed by atoms with Gasteiger partial charge in [0.1, 0.15) is 0 Å². The zero-order chi connectivity index (χ0) is 16.0. The van der Waals surface area contributed by atoms with Crippen molar-refractivity contribution in [1.82, 2.24) is 10.2 Å². The normalized spacial score (nSPS) is 19.3. The summed E-state index contributed by atoms with van der Waals surface area (Å²) >= 11 is 0. The average molecular weight is 316 g/mol. The lowest BCUT2D eigenvalue weighted by atomic mass is 10.1. The number of ether oxygens (including phenoxy) is 3. The van der Waals surface area contributed by atoms with Crippen LogP contribution in [0.2, 0.25) is 0 Å². The van der Waals surface area contributed by atoms with Crippen LogP contribution in [-0.2, 0) is 19.0 Å². The molecule has 1 aliphatic rings. The van der Waals surface area contributed by atoms with E-state index in [0.717, 1.165) is 39.0 Å². The van der Waals surface area contributed by atoms with Crippen molar-refractivity contribution in [3.8, 4) is 0 Å². The van der Waals surface area contributed by atoms with Gasteiger partial charge < -0.3 is 24.4 Å². The van der Waals surface area contributed by atoms with Gasteiger partial charge >= 0.3 is 0 Å². The quantitative estimate of drug-likeness (QED) is 0.545. The molecule has 130 valence electrons. The van der Waals surface area contributed by atoms with E-state index < -0.39 is 0 Å². The van der Waals surface area contributed by atoms with E-state index in [1.807, 2.05) is 0 Å². The first-order valence-electron chi connectivity index (χ1n) is 8.43. The molecule has 0 aromatic carbocycles. The Balaban J connectivity index is 1.86. The fourth-order valence-corrected chi connectivity index (χ4v) is 2.44. The molecule has 1 amide bonds. The zero-order valence-electron chi connectivity index (χ0n) is 14.1. The molecule has 1 saturated heterocycles. The Morgan fingerprint density at radius 1 is 1.09 bits per heavy atom. The van der Waals surface area contributed by atoms with Gasteiger partial charge in [0.15, 0.2) is 0 Å². The molecule has 6 heteroatoms. The van der Waals surface area contributed by atoms with E-state index >= 15 is 0 Å². The van der Waals surface area contributed by atoms with E-state index in [1.165, 1.54) is 0 Å². The molecule has 0 aromatic rings. The van der Waals surface area contributed by atoms with Crippen LogP contribution in [0.5, 0.6) is 0 Å². The van der Waals surface area contributed by atoms with Crippen LogP contribution in [0.25, 0.3) is 0 Å². The molecular formula is C16H32N2O4. The number of hydrogen-bond donors (Lipinski definition) is 1. The number of carbonyl (C=O) groups is 1. The second-order valence-corrected chi connectivity index (χ2v) is 5.76. The standard InChI is InChI=1S/C16H32N2O4/c1-3-8-20-10-12-22-13-11-21-9-6-16(19)17-15-5-4-7-18(2)14-15/h15H,3-14H2,1-2H3,(H,17,19). The van der Waals surface area contributed by atoms with Gasteiger partial charge in [-0.2, -0.15) is 0 Å².